The molecule has 21 heteroatoms. The van der Waals surface area contributed by atoms with E-state index in [1.807, 2.05) is 0 Å². The number of aromatic nitrogens is 7. The first-order chi connectivity index (χ1) is 27.8. The summed E-state index contributed by atoms with van der Waals surface area (Å²) in [5, 5.41) is 9.45. The molecule has 0 atom stereocenters. The zero-order chi connectivity index (χ0) is 40.9. The molecule has 0 saturated carbocycles. The number of para-hydroxylation sites is 2. The SMILES string of the molecule is O=c1c2ccccc2nc(-c2ccc(OS(=O)(=O)[O-])cc2)n1CCCCCCCCn1cc(Cn2c(-c3ccc(OS(=O)(=O)[O-])cc3)nc3ccccc3c2=O)nn1.[Na+].[Na+]. The Bertz CT molecular complexity index is 2940. The van der Waals surface area contributed by atoms with Gasteiger partial charge in [0.25, 0.3) is 31.9 Å². The minimum Gasteiger partial charge on any atom is -0.716 e. The van der Waals surface area contributed by atoms with E-state index in [0.717, 1.165) is 38.5 Å². The first-order valence-electron chi connectivity index (χ1n) is 18.2. The third kappa shape index (κ3) is 12.0. The molecule has 0 unspecified atom stereocenters. The van der Waals surface area contributed by atoms with Crippen molar-refractivity contribution in [3.05, 3.63) is 130 Å². The van der Waals surface area contributed by atoms with Crippen LogP contribution in [-0.2, 0) is 40.4 Å². The van der Waals surface area contributed by atoms with E-state index in [0.29, 0.717) is 63.4 Å². The Labute approximate surface area is 388 Å². The Morgan fingerprint density at radius 2 is 0.983 bits per heavy atom. The fourth-order valence-corrected chi connectivity index (χ4v) is 7.31. The number of aryl methyl sites for hydroxylation is 1. The summed E-state index contributed by atoms with van der Waals surface area (Å²) in [5.41, 5.74) is 2.12. The van der Waals surface area contributed by atoms with Gasteiger partial charge in [0.05, 0.1) is 34.5 Å². The summed E-state index contributed by atoms with van der Waals surface area (Å²) < 4.78 is 79.7. The number of nitrogens with zero attached hydrogens (tertiary/aromatic N) is 7. The van der Waals surface area contributed by atoms with E-state index in [1.54, 1.807) is 76.1 Å². The fraction of sp³-hybridized carbons (Fsp3) is 0.231. The quantitative estimate of drug-likeness (QED) is 0.0453. The molecule has 300 valence electrons. The maximum atomic E-state index is 13.7. The molecule has 3 heterocycles. The van der Waals surface area contributed by atoms with Gasteiger partial charge in [-0.05, 0) is 85.6 Å². The van der Waals surface area contributed by atoms with Gasteiger partial charge in [-0.2, -0.15) is 0 Å². The Kier molecular flexibility index (Phi) is 16.0. The van der Waals surface area contributed by atoms with Crippen LogP contribution in [0.15, 0.2) is 113 Å². The second-order valence-corrected chi connectivity index (χ2v) is 15.3. The average Bonchev–Trinajstić information content (AvgIpc) is 3.64. The summed E-state index contributed by atoms with van der Waals surface area (Å²) in [5.74, 6) is 0.429. The first kappa shape index (κ1) is 46.8. The van der Waals surface area contributed by atoms with Gasteiger partial charge in [-0.25, -0.2) is 26.8 Å². The normalized spacial score (nSPS) is 11.6. The molecule has 0 bridgehead atoms. The summed E-state index contributed by atoms with van der Waals surface area (Å²) in [4.78, 5) is 36.6. The predicted molar refractivity (Wildman–Crippen MR) is 210 cm³/mol. The van der Waals surface area contributed by atoms with E-state index in [1.165, 1.54) is 41.0 Å². The molecular formula is C39H35N7Na2O10S2. The molecule has 0 aliphatic heterocycles. The molecule has 3 aromatic heterocycles. The Morgan fingerprint density at radius 3 is 1.48 bits per heavy atom. The van der Waals surface area contributed by atoms with Gasteiger partial charge in [0.15, 0.2) is 0 Å². The van der Waals surface area contributed by atoms with Crippen molar-refractivity contribution in [2.75, 3.05) is 0 Å². The zero-order valence-electron chi connectivity index (χ0n) is 32.7. The molecule has 0 saturated heterocycles. The van der Waals surface area contributed by atoms with Crippen molar-refractivity contribution in [1.29, 1.82) is 0 Å². The molecule has 0 aliphatic rings. The second kappa shape index (κ2) is 20.5. The summed E-state index contributed by atoms with van der Waals surface area (Å²) in [6.07, 6.45) is 7.02. The number of rotatable bonds is 17. The van der Waals surface area contributed by atoms with Crippen molar-refractivity contribution < 1.29 is 93.4 Å². The molecule has 0 spiro atoms. The molecule has 17 nitrogen and oxygen atoms in total. The maximum absolute atomic E-state index is 13.7. The van der Waals surface area contributed by atoms with Crippen LogP contribution >= 0.6 is 0 Å². The van der Waals surface area contributed by atoms with Gasteiger partial charge >= 0.3 is 59.1 Å². The van der Waals surface area contributed by atoms with E-state index in [-0.39, 0.29) is 88.3 Å². The molecule has 0 fully saturated rings. The van der Waals surface area contributed by atoms with Crippen molar-refractivity contribution in [3.63, 3.8) is 0 Å². The van der Waals surface area contributed by atoms with E-state index >= 15 is 0 Å². The van der Waals surface area contributed by atoms with Crippen LogP contribution in [0.1, 0.15) is 44.2 Å². The van der Waals surface area contributed by atoms with Gasteiger partial charge in [0.1, 0.15) is 28.8 Å². The van der Waals surface area contributed by atoms with Crippen LogP contribution < -0.4 is 78.6 Å². The van der Waals surface area contributed by atoms with Crippen LogP contribution in [0, 0.1) is 0 Å². The summed E-state index contributed by atoms with van der Waals surface area (Å²) in [6.45, 7) is 1.10. The average molecular weight is 872 g/mol. The number of benzene rings is 4. The maximum Gasteiger partial charge on any atom is 1.00 e. The molecule has 0 aliphatic carbocycles. The topological polar surface area (TPSA) is 233 Å². The molecule has 60 heavy (non-hydrogen) atoms. The number of hydrogen-bond acceptors (Lipinski definition) is 14. The number of fused-ring (bicyclic) bond motifs is 2. The standard InChI is InChI=1S/C39H37N7O10S2.2Na/c47-38-32-11-5-7-13-34(32)40-36(27-15-19-30(20-16-27)55-57(49,50)51)45(38)24-10-4-2-1-3-9-23-44-25-29(42-43-44)26-46-37(41-35-14-8-6-12-33(35)39(46)48)28-17-21-31(22-18-28)56-58(52,53)54;;/h5-8,11-22,25H,1-4,9-10,23-24,26H2,(H,49,50,51)(H,52,53,54);;/q;2*+1/p-2. The molecule has 4 aromatic carbocycles. The van der Waals surface area contributed by atoms with Crippen LogP contribution in [0.25, 0.3) is 44.6 Å². The molecule has 0 amide bonds. The van der Waals surface area contributed by atoms with E-state index in [9.17, 15) is 35.5 Å². The minimum atomic E-state index is -4.95. The molecule has 7 rings (SSSR count). The van der Waals surface area contributed by atoms with Crippen molar-refractivity contribution >= 4 is 42.6 Å². The minimum absolute atomic E-state index is 0. The van der Waals surface area contributed by atoms with Gasteiger partial charge in [-0.1, -0.05) is 55.2 Å². The molecule has 7 aromatic rings. The smallest absolute Gasteiger partial charge is 0.716 e. The van der Waals surface area contributed by atoms with Gasteiger partial charge in [0, 0.05) is 24.2 Å². The van der Waals surface area contributed by atoms with Gasteiger partial charge in [-0.15, -0.1) is 5.10 Å². The molecular weight excluding hydrogens is 837 g/mol. The number of hydrogen-bond donors (Lipinski definition) is 0. The summed E-state index contributed by atoms with van der Waals surface area (Å²) in [6, 6.07) is 25.4. The van der Waals surface area contributed by atoms with Crippen molar-refractivity contribution in [3.8, 4) is 34.3 Å². The van der Waals surface area contributed by atoms with Crippen molar-refractivity contribution in [2.24, 2.45) is 0 Å². The summed E-state index contributed by atoms with van der Waals surface area (Å²) in [7, 11) is -9.88. The van der Waals surface area contributed by atoms with Crippen molar-refractivity contribution in [2.45, 2.75) is 58.2 Å². The largest absolute Gasteiger partial charge is 1.00 e. The van der Waals surface area contributed by atoms with E-state index < -0.39 is 20.8 Å². The van der Waals surface area contributed by atoms with E-state index in [4.69, 9.17) is 9.97 Å². The van der Waals surface area contributed by atoms with Crippen LogP contribution in [0.5, 0.6) is 11.5 Å². The number of unbranched alkanes of at least 4 members (excludes halogenated alkanes) is 5. The Morgan fingerprint density at radius 1 is 0.550 bits per heavy atom. The van der Waals surface area contributed by atoms with Gasteiger partial charge in [0.2, 0.25) is 0 Å². The molecule has 0 radical (unpaired) electrons. The third-order valence-corrected chi connectivity index (χ3v) is 10.1. The van der Waals surface area contributed by atoms with Gasteiger partial charge < -0.3 is 17.5 Å². The second-order valence-electron chi connectivity index (χ2n) is 13.4. The van der Waals surface area contributed by atoms with Gasteiger partial charge in [-0.3, -0.25) is 23.4 Å². The Balaban J connectivity index is 0.00000341. The zero-order valence-corrected chi connectivity index (χ0v) is 38.3. The van der Waals surface area contributed by atoms with Crippen LogP contribution in [0.4, 0.5) is 0 Å². The van der Waals surface area contributed by atoms with Crippen LogP contribution in [0.2, 0.25) is 0 Å². The fourth-order valence-electron chi connectivity index (χ4n) is 6.62. The Hall–Kier alpha value is -4.28. The van der Waals surface area contributed by atoms with E-state index in [2.05, 4.69) is 18.7 Å². The first-order valence-corrected chi connectivity index (χ1v) is 20.9. The summed E-state index contributed by atoms with van der Waals surface area (Å²) >= 11 is 0. The third-order valence-electron chi connectivity index (χ3n) is 9.27. The van der Waals surface area contributed by atoms with Crippen LogP contribution in [0.3, 0.4) is 0 Å². The van der Waals surface area contributed by atoms with Crippen LogP contribution in [-0.4, -0.2) is 60.0 Å². The molecule has 0 N–H and O–H groups in total. The predicted octanol–water partition coefficient (Wildman–Crippen LogP) is -1.19. The van der Waals surface area contributed by atoms with Crippen molar-refractivity contribution in [1.82, 2.24) is 34.1 Å². The monoisotopic (exact) mass is 871 g/mol.